The van der Waals surface area contributed by atoms with Gasteiger partial charge in [-0.3, -0.25) is 10.1 Å². The van der Waals surface area contributed by atoms with Gasteiger partial charge in [-0.1, -0.05) is 0 Å². The molecule has 1 aromatic heterocycles. The maximum Gasteiger partial charge on any atom is 0.275 e. The lowest BCUT2D eigenvalue weighted by molar-refractivity contribution is -0.385. The maximum absolute atomic E-state index is 13.9. The van der Waals surface area contributed by atoms with Crippen LogP contribution in [0.15, 0.2) is 16.6 Å². The van der Waals surface area contributed by atoms with Crippen LogP contribution in [0.1, 0.15) is 11.4 Å². The van der Waals surface area contributed by atoms with E-state index >= 15 is 0 Å². The van der Waals surface area contributed by atoms with Crippen molar-refractivity contribution >= 4 is 21.6 Å². The summed E-state index contributed by atoms with van der Waals surface area (Å²) in [7, 11) is 0. The maximum atomic E-state index is 13.9. The number of benzene rings is 1. The minimum Gasteiger partial charge on any atom is -0.258 e. The van der Waals surface area contributed by atoms with E-state index < -0.39 is 27.9 Å². The van der Waals surface area contributed by atoms with Crippen molar-refractivity contribution in [3.05, 3.63) is 49.7 Å². The zero-order valence-corrected chi connectivity index (χ0v) is 11.5. The van der Waals surface area contributed by atoms with E-state index in [4.69, 9.17) is 0 Å². The summed E-state index contributed by atoms with van der Waals surface area (Å²) < 4.78 is 29.4. The molecule has 0 atom stereocenters. The lowest BCUT2D eigenvalue weighted by Crippen LogP contribution is -2.06. The second-order valence-electron chi connectivity index (χ2n) is 3.91. The fraction of sp³-hybridized carbons (Fsp3) is 0.182. The zero-order valence-electron chi connectivity index (χ0n) is 9.95. The number of rotatable bonds is 2. The zero-order chi connectivity index (χ0) is 14.3. The highest BCUT2D eigenvalue weighted by Gasteiger charge is 2.21. The van der Waals surface area contributed by atoms with Crippen LogP contribution in [0.25, 0.3) is 5.69 Å². The van der Waals surface area contributed by atoms with E-state index in [9.17, 15) is 18.9 Å². The van der Waals surface area contributed by atoms with Crippen molar-refractivity contribution in [2.75, 3.05) is 0 Å². The summed E-state index contributed by atoms with van der Waals surface area (Å²) in [6.45, 7) is 3.30. The van der Waals surface area contributed by atoms with E-state index in [2.05, 4.69) is 21.0 Å². The largest absolute Gasteiger partial charge is 0.275 e. The van der Waals surface area contributed by atoms with Gasteiger partial charge in [-0.2, -0.15) is 5.10 Å². The van der Waals surface area contributed by atoms with Crippen molar-refractivity contribution in [2.45, 2.75) is 13.8 Å². The summed E-state index contributed by atoms with van der Waals surface area (Å²) in [6, 6.07) is 1.34. The normalized spacial score (nSPS) is 10.8. The molecular weight excluding hydrogens is 324 g/mol. The summed E-state index contributed by atoms with van der Waals surface area (Å²) >= 11 is 3.25. The summed E-state index contributed by atoms with van der Waals surface area (Å²) in [4.78, 5) is 9.67. The first-order chi connectivity index (χ1) is 8.82. The van der Waals surface area contributed by atoms with Crippen LogP contribution in [-0.2, 0) is 0 Å². The lowest BCUT2D eigenvalue weighted by Gasteiger charge is -2.07. The van der Waals surface area contributed by atoms with Crippen LogP contribution in [-0.4, -0.2) is 14.7 Å². The van der Waals surface area contributed by atoms with Gasteiger partial charge in [0, 0.05) is 0 Å². The van der Waals surface area contributed by atoms with E-state index in [0.29, 0.717) is 28.0 Å². The number of nitro groups is 1. The molecule has 0 spiro atoms. The molecule has 1 heterocycles. The number of nitro benzene ring substituents is 1. The fourth-order valence-electron chi connectivity index (χ4n) is 1.70. The Morgan fingerprint density at radius 1 is 1.32 bits per heavy atom. The predicted octanol–water partition coefficient (Wildman–Crippen LogP) is 3.44. The van der Waals surface area contributed by atoms with E-state index in [-0.39, 0.29) is 0 Å². The van der Waals surface area contributed by atoms with E-state index in [0.717, 1.165) is 4.68 Å². The third-order valence-corrected chi connectivity index (χ3v) is 3.77. The molecule has 2 aromatic rings. The number of hydrogen-bond acceptors (Lipinski definition) is 3. The molecule has 0 N–H and O–H groups in total. The number of nitrogens with zero attached hydrogens (tertiary/aromatic N) is 3. The molecule has 0 saturated carbocycles. The summed E-state index contributed by atoms with van der Waals surface area (Å²) in [5.41, 5.74) is -0.00458. The van der Waals surface area contributed by atoms with Gasteiger partial charge in [0.1, 0.15) is 5.69 Å². The van der Waals surface area contributed by atoms with Crippen LogP contribution in [0.3, 0.4) is 0 Å². The number of aromatic nitrogens is 2. The second-order valence-corrected chi connectivity index (χ2v) is 4.70. The number of hydrogen-bond donors (Lipinski definition) is 0. The van der Waals surface area contributed by atoms with Crippen molar-refractivity contribution < 1.29 is 13.7 Å². The van der Waals surface area contributed by atoms with Crippen molar-refractivity contribution in [3.8, 4) is 5.69 Å². The Morgan fingerprint density at radius 3 is 2.21 bits per heavy atom. The molecule has 0 aliphatic rings. The number of non-ortho nitro benzene ring substituents is 1. The van der Waals surface area contributed by atoms with Crippen LogP contribution in [0.2, 0.25) is 0 Å². The Morgan fingerprint density at radius 2 is 1.84 bits per heavy atom. The summed E-state index contributed by atoms with van der Waals surface area (Å²) in [5.74, 6) is -2.07. The minimum absolute atomic E-state index is 0.433. The van der Waals surface area contributed by atoms with Gasteiger partial charge in [0.15, 0.2) is 11.6 Å². The van der Waals surface area contributed by atoms with Gasteiger partial charge < -0.3 is 0 Å². The van der Waals surface area contributed by atoms with Crippen molar-refractivity contribution in [3.63, 3.8) is 0 Å². The average Bonchev–Trinajstić information content (AvgIpc) is 2.56. The van der Waals surface area contributed by atoms with Crippen LogP contribution in [0.5, 0.6) is 0 Å². The van der Waals surface area contributed by atoms with Crippen molar-refractivity contribution in [1.29, 1.82) is 0 Å². The molecule has 5 nitrogen and oxygen atoms in total. The molecule has 0 aliphatic carbocycles. The first kappa shape index (κ1) is 13.6. The molecule has 1 aromatic carbocycles. The highest BCUT2D eigenvalue weighted by molar-refractivity contribution is 9.10. The SMILES string of the molecule is Cc1nn(-c2c(F)cc([N+](=O)[O-])cc2F)c(C)c1Br. The monoisotopic (exact) mass is 331 g/mol. The third kappa shape index (κ3) is 2.23. The van der Waals surface area contributed by atoms with Gasteiger partial charge in [-0.15, -0.1) is 0 Å². The molecule has 0 saturated heterocycles. The van der Waals surface area contributed by atoms with Crippen LogP contribution < -0.4 is 0 Å². The fourth-order valence-corrected chi connectivity index (χ4v) is 1.95. The number of halogens is 3. The summed E-state index contributed by atoms with van der Waals surface area (Å²) in [5, 5.41) is 14.5. The Labute approximate surface area is 115 Å². The summed E-state index contributed by atoms with van der Waals surface area (Å²) in [6.07, 6.45) is 0. The highest BCUT2D eigenvalue weighted by Crippen LogP contribution is 2.28. The van der Waals surface area contributed by atoms with Gasteiger partial charge >= 0.3 is 0 Å². The molecule has 2 rings (SSSR count). The average molecular weight is 332 g/mol. The van der Waals surface area contributed by atoms with Gasteiger partial charge in [0.05, 0.1) is 32.9 Å². The quantitative estimate of drug-likeness (QED) is 0.625. The van der Waals surface area contributed by atoms with Gasteiger partial charge in [-0.05, 0) is 29.8 Å². The van der Waals surface area contributed by atoms with Crippen LogP contribution >= 0.6 is 15.9 Å². The first-order valence-corrected chi connectivity index (χ1v) is 5.97. The highest BCUT2D eigenvalue weighted by atomic mass is 79.9. The molecule has 0 amide bonds. The topological polar surface area (TPSA) is 61.0 Å². The second kappa shape index (κ2) is 4.69. The van der Waals surface area contributed by atoms with Crippen molar-refractivity contribution in [1.82, 2.24) is 9.78 Å². The molecule has 0 radical (unpaired) electrons. The number of aryl methyl sites for hydroxylation is 1. The van der Waals surface area contributed by atoms with Crippen LogP contribution in [0.4, 0.5) is 14.5 Å². The van der Waals surface area contributed by atoms with E-state index in [1.165, 1.54) is 0 Å². The first-order valence-electron chi connectivity index (χ1n) is 5.18. The van der Waals surface area contributed by atoms with Crippen LogP contribution in [0, 0.1) is 35.6 Å². The molecule has 0 fully saturated rings. The smallest absolute Gasteiger partial charge is 0.258 e. The molecule has 8 heteroatoms. The predicted molar refractivity (Wildman–Crippen MR) is 67.3 cm³/mol. The third-order valence-electron chi connectivity index (χ3n) is 2.63. The van der Waals surface area contributed by atoms with Gasteiger partial charge in [-0.25, -0.2) is 13.5 Å². The molecule has 100 valence electrons. The van der Waals surface area contributed by atoms with Crippen molar-refractivity contribution in [2.24, 2.45) is 0 Å². The van der Waals surface area contributed by atoms with Gasteiger partial charge in [0.2, 0.25) is 0 Å². The molecular formula is C11H8BrF2N3O2. The van der Waals surface area contributed by atoms with E-state index in [1.807, 2.05) is 0 Å². The molecule has 0 unspecified atom stereocenters. The lowest BCUT2D eigenvalue weighted by atomic mass is 10.2. The Hall–Kier alpha value is -1.83. The van der Waals surface area contributed by atoms with E-state index in [1.54, 1.807) is 13.8 Å². The Kier molecular flexibility index (Phi) is 3.36. The Balaban J connectivity index is 2.69. The molecule has 0 bridgehead atoms. The minimum atomic E-state index is -1.04. The molecule has 0 aliphatic heterocycles. The standard InChI is InChI=1S/C11H8BrF2N3O2/c1-5-10(12)6(2)16(15-5)11-8(13)3-7(17(18)19)4-9(11)14/h3-4H,1-2H3. The Bertz CT molecular complexity index is 662. The van der Waals surface area contributed by atoms with Gasteiger partial charge in [0.25, 0.3) is 5.69 Å². The molecule has 19 heavy (non-hydrogen) atoms.